The smallest absolute Gasteiger partial charge is 0.103 e. The van der Waals surface area contributed by atoms with E-state index in [1.807, 2.05) is 18.2 Å². The van der Waals surface area contributed by atoms with Gasteiger partial charge in [0, 0.05) is 41.1 Å². The van der Waals surface area contributed by atoms with Crippen LogP contribution in [0.25, 0.3) is 10.1 Å². The number of ether oxygens (including phenoxy) is 1. The van der Waals surface area contributed by atoms with Crippen LogP contribution < -0.4 is 5.32 Å². The highest BCUT2D eigenvalue weighted by molar-refractivity contribution is 7.19. The summed E-state index contributed by atoms with van der Waals surface area (Å²) >= 11 is 8.07. The Morgan fingerprint density at radius 2 is 2.26 bits per heavy atom. The van der Waals surface area contributed by atoms with E-state index in [0.717, 1.165) is 15.3 Å². The van der Waals surface area contributed by atoms with Gasteiger partial charge in [0.05, 0.1) is 11.6 Å². The minimum absolute atomic E-state index is 0.417. The highest BCUT2D eigenvalue weighted by Crippen LogP contribution is 2.35. The topological polar surface area (TPSA) is 41.5 Å². The molecule has 0 spiro atoms. The van der Waals surface area contributed by atoms with E-state index in [4.69, 9.17) is 16.3 Å². The molecule has 1 aliphatic heterocycles. The van der Waals surface area contributed by atoms with Crippen LogP contribution in [0, 0.1) is 0 Å². The van der Waals surface area contributed by atoms with Crippen molar-refractivity contribution in [3.8, 4) is 0 Å². The molecule has 1 aromatic carbocycles. The molecule has 0 bridgehead atoms. The van der Waals surface area contributed by atoms with Crippen LogP contribution in [0.15, 0.2) is 24.3 Å². The van der Waals surface area contributed by atoms with Crippen molar-refractivity contribution in [3.63, 3.8) is 0 Å². The molecule has 2 heterocycles. The maximum atomic E-state index is 10.2. The van der Waals surface area contributed by atoms with Gasteiger partial charge in [0.2, 0.25) is 0 Å². The average molecular weight is 298 g/mol. The van der Waals surface area contributed by atoms with Crippen LogP contribution in [-0.4, -0.2) is 30.5 Å². The molecule has 1 saturated heterocycles. The first-order chi connectivity index (χ1) is 9.18. The van der Waals surface area contributed by atoms with Crippen molar-refractivity contribution >= 4 is 33.0 Å². The molecule has 1 fully saturated rings. The molecule has 1 unspecified atom stereocenters. The molecular weight excluding hydrogens is 282 g/mol. The van der Waals surface area contributed by atoms with Crippen molar-refractivity contribution in [3.05, 3.63) is 34.2 Å². The second kappa shape index (κ2) is 5.38. The fraction of sp³-hybridized carbons (Fsp3) is 0.429. The first kappa shape index (κ1) is 13.3. The molecule has 2 N–H and O–H groups in total. The SMILES string of the molecule is OC1(CNCc2sc3ccccc3c2Cl)CCOC1. The maximum Gasteiger partial charge on any atom is 0.103 e. The lowest BCUT2D eigenvalue weighted by molar-refractivity contribution is 0.0269. The predicted molar refractivity (Wildman–Crippen MR) is 78.9 cm³/mol. The number of hydrogen-bond donors (Lipinski definition) is 2. The van der Waals surface area contributed by atoms with Gasteiger partial charge in [-0.3, -0.25) is 0 Å². The molecule has 1 atom stereocenters. The molecule has 19 heavy (non-hydrogen) atoms. The fourth-order valence-corrected chi connectivity index (χ4v) is 3.79. The Hall–Kier alpha value is -0.650. The summed E-state index contributed by atoms with van der Waals surface area (Å²) in [7, 11) is 0. The molecule has 1 aliphatic rings. The zero-order valence-electron chi connectivity index (χ0n) is 10.5. The zero-order valence-corrected chi connectivity index (χ0v) is 12.1. The fourth-order valence-electron chi connectivity index (χ4n) is 2.32. The standard InChI is InChI=1S/C14H16ClNO2S/c15-13-10-3-1-2-4-11(10)19-12(13)7-16-8-14(17)5-6-18-9-14/h1-4,16-17H,5-9H2. The quantitative estimate of drug-likeness (QED) is 0.912. The molecule has 1 aromatic heterocycles. The molecule has 0 amide bonds. The molecule has 102 valence electrons. The number of halogens is 1. The minimum Gasteiger partial charge on any atom is -0.386 e. The lowest BCUT2D eigenvalue weighted by Gasteiger charge is -2.20. The zero-order chi connectivity index (χ0) is 13.3. The van der Waals surface area contributed by atoms with Gasteiger partial charge in [-0.2, -0.15) is 0 Å². The van der Waals surface area contributed by atoms with E-state index >= 15 is 0 Å². The molecule has 2 aromatic rings. The number of aliphatic hydroxyl groups is 1. The molecular formula is C14H16ClNO2S. The molecule has 3 rings (SSSR count). The summed E-state index contributed by atoms with van der Waals surface area (Å²) in [5, 5.41) is 15.4. The summed E-state index contributed by atoms with van der Waals surface area (Å²) in [6.45, 7) is 2.28. The van der Waals surface area contributed by atoms with Gasteiger partial charge in [-0.25, -0.2) is 0 Å². The Balaban J connectivity index is 1.67. The predicted octanol–water partition coefficient (Wildman–Crippen LogP) is 2.80. The van der Waals surface area contributed by atoms with Gasteiger partial charge in [-0.1, -0.05) is 29.8 Å². The number of nitrogens with one attached hydrogen (secondary N) is 1. The minimum atomic E-state index is -0.719. The molecule has 3 nitrogen and oxygen atoms in total. The molecule has 0 radical (unpaired) electrons. The highest BCUT2D eigenvalue weighted by atomic mass is 35.5. The molecule has 0 aliphatic carbocycles. The van der Waals surface area contributed by atoms with Crippen molar-refractivity contribution in [2.24, 2.45) is 0 Å². The summed E-state index contributed by atoms with van der Waals surface area (Å²) in [5.74, 6) is 0. The van der Waals surface area contributed by atoms with Crippen LogP contribution in [0.5, 0.6) is 0 Å². The van der Waals surface area contributed by atoms with Crippen molar-refractivity contribution in [1.29, 1.82) is 0 Å². The van der Waals surface area contributed by atoms with Crippen LogP contribution in [-0.2, 0) is 11.3 Å². The molecule has 0 saturated carbocycles. The van der Waals surface area contributed by atoms with Crippen molar-refractivity contribution in [2.45, 2.75) is 18.6 Å². The van der Waals surface area contributed by atoms with Crippen molar-refractivity contribution in [2.75, 3.05) is 19.8 Å². The monoisotopic (exact) mass is 297 g/mol. The van der Waals surface area contributed by atoms with Crippen LogP contribution in [0.3, 0.4) is 0 Å². The van der Waals surface area contributed by atoms with E-state index in [0.29, 0.717) is 32.7 Å². The van der Waals surface area contributed by atoms with Gasteiger partial charge >= 0.3 is 0 Å². The van der Waals surface area contributed by atoms with Gasteiger partial charge in [-0.15, -0.1) is 11.3 Å². The Kier molecular flexibility index (Phi) is 3.78. The Labute approximate surface area is 121 Å². The normalized spacial score (nSPS) is 23.3. The van der Waals surface area contributed by atoms with Crippen molar-refractivity contribution < 1.29 is 9.84 Å². The van der Waals surface area contributed by atoms with Gasteiger partial charge in [0.25, 0.3) is 0 Å². The van der Waals surface area contributed by atoms with Gasteiger partial charge in [0.15, 0.2) is 0 Å². The number of rotatable bonds is 4. The summed E-state index contributed by atoms with van der Waals surface area (Å²) < 4.78 is 6.42. The largest absolute Gasteiger partial charge is 0.386 e. The van der Waals surface area contributed by atoms with Gasteiger partial charge in [0.1, 0.15) is 5.60 Å². The second-order valence-electron chi connectivity index (χ2n) is 4.97. The summed E-state index contributed by atoms with van der Waals surface area (Å²) in [5.41, 5.74) is -0.719. The molecule has 5 heteroatoms. The van der Waals surface area contributed by atoms with E-state index < -0.39 is 5.60 Å². The third-order valence-corrected chi connectivity index (χ3v) is 5.14. The van der Waals surface area contributed by atoms with Crippen LogP contribution in [0.4, 0.5) is 0 Å². The van der Waals surface area contributed by atoms with Crippen molar-refractivity contribution in [1.82, 2.24) is 5.32 Å². The summed E-state index contributed by atoms with van der Waals surface area (Å²) in [4.78, 5) is 1.12. The Morgan fingerprint density at radius 1 is 1.42 bits per heavy atom. The van der Waals surface area contributed by atoms with Crippen LogP contribution in [0.2, 0.25) is 5.02 Å². The third kappa shape index (κ3) is 2.78. The van der Waals surface area contributed by atoms with E-state index in [1.165, 1.54) is 4.70 Å². The first-order valence-corrected chi connectivity index (χ1v) is 7.54. The van der Waals surface area contributed by atoms with Crippen LogP contribution in [0.1, 0.15) is 11.3 Å². The van der Waals surface area contributed by atoms with E-state index in [1.54, 1.807) is 11.3 Å². The number of hydrogen-bond acceptors (Lipinski definition) is 4. The maximum absolute atomic E-state index is 10.2. The second-order valence-corrected chi connectivity index (χ2v) is 6.48. The Morgan fingerprint density at radius 3 is 3.00 bits per heavy atom. The number of fused-ring (bicyclic) bond motifs is 1. The van der Waals surface area contributed by atoms with E-state index in [9.17, 15) is 5.11 Å². The number of thiophene rings is 1. The summed E-state index contributed by atoms with van der Waals surface area (Å²) in [6.07, 6.45) is 0.695. The van der Waals surface area contributed by atoms with Gasteiger partial charge in [-0.05, 0) is 6.07 Å². The number of benzene rings is 1. The van der Waals surface area contributed by atoms with Gasteiger partial charge < -0.3 is 15.2 Å². The van der Waals surface area contributed by atoms with E-state index in [2.05, 4.69) is 11.4 Å². The van der Waals surface area contributed by atoms with E-state index in [-0.39, 0.29) is 0 Å². The first-order valence-electron chi connectivity index (χ1n) is 6.35. The lowest BCUT2D eigenvalue weighted by atomic mass is 10.0. The highest BCUT2D eigenvalue weighted by Gasteiger charge is 2.31. The average Bonchev–Trinajstić information content (AvgIpc) is 2.96. The Bertz CT molecular complexity index is 578. The lowest BCUT2D eigenvalue weighted by Crippen LogP contribution is -2.40. The van der Waals surface area contributed by atoms with Crippen LogP contribution >= 0.6 is 22.9 Å². The third-order valence-electron chi connectivity index (χ3n) is 3.42. The summed E-state index contributed by atoms with van der Waals surface area (Å²) in [6, 6.07) is 8.13.